The van der Waals surface area contributed by atoms with Crippen molar-refractivity contribution in [1.82, 2.24) is 15.5 Å². The first-order valence-electron chi connectivity index (χ1n) is 5.12. The van der Waals surface area contributed by atoms with Crippen molar-refractivity contribution in [2.45, 2.75) is 25.8 Å². The number of nitrogens with zero attached hydrogens (tertiary/aromatic N) is 1. The van der Waals surface area contributed by atoms with E-state index in [4.69, 9.17) is 5.11 Å². The Morgan fingerprint density at radius 2 is 1.76 bits per heavy atom. The van der Waals surface area contributed by atoms with Crippen LogP contribution < -0.4 is 10.6 Å². The highest BCUT2D eigenvalue weighted by Crippen LogP contribution is 2.07. The van der Waals surface area contributed by atoms with Crippen molar-refractivity contribution in [3.63, 3.8) is 0 Å². The van der Waals surface area contributed by atoms with E-state index in [1.165, 1.54) is 4.90 Å². The maximum absolute atomic E-state index is 11.4. The lowest BCUT2D eigenvalue weighted by Gasteiger charge is -2.24. The Balaban J connectivity index is 4.10. The first kappa shape index (κ1) is 15.2. The second-order valence-electron chi connectivity index (χ2n) is 4.55. The molecule has 0 aliphatic rings. The maximum atomic E-state index is 11.4. The van der Waals surface area contributed by atoms with E-state index in [0.717, 1.165) is 0 Å². The Morgan fingerprint density at radius 1 is 1.24 bits per heavy atom. The number of hydrogen-bond donors (Lipinski definition) is 3. The topological polar surface area (TPSA) is 98.7 Å². The van der Waals surface area contributed by atoms with Gasteiger partial charge >= 0.3 is 12.0 Å². The van der Waals surface area contributed by atoms with Gasteiger partial charge in [0.15, 0.2) is 0 Å². The van der Waals surface area contributed by atoms with Crippen molar-refractivity contribution in [1.29, 1.82) is 0 Å². The van der Waals surface area contributed by atoms with E-state index in [9.17, 15) is 14.4 Å². The first-order chi connectivity index (χ1) is 7.64. The van der Waals surface area contributed by atoms with Gasteiger partial charge in [-0.3, -0.25) is 9.59 Å². The minimum Gasteiger partial charge on any atom is -0.481 e. The molecule has 98 valence electrons. The summed E-state index contributed by atoms with van der Waals surface area (Å²) >= 11 is 0. The fourth-order valence-corrected chi connectivity index (χ4v) is 1.09. The van der Waals surface area contributed by atoms with Crippen LogP contribution in [0.25, 0.3) is 0 Å². The summed E-state index contributed by atoms with van der Waals surface area (Å²) in [5.74, 6) is -1.24. The minimum absolute atomic E-state index is 0.123. The third-order valence-electron chi connectivity index (χ3n) is 1.94. The number of carboxylic acids is 1. The summed E-state index contributed by atoms with van der Waals surface area (Å²) in [7, 11) is 3.16. The molecule has 17 heavy (non-hydrogen) atoms. The van der Waals surface area contributed by atoms with Crippen LogP contribution in [0.2, 0.25) is 0 Å². The van der Waals surface area contributed by atoms with E-state index in [-0.39, 0.29) is 18.9 Å². The molecule has 0 fully saturated rings. The summed E-state index contributed by atoms with van der Waals surface area (Å²) < 4.78 is 0. The standard InChI is InChI=1S/C10H19N3O4/c1-10(2,5-8(15)16)12-9(17)11-6-7(14)13(3)4/h5-6H2,1-4H3,(H,15,16)(H2,11,12,17). The molecule has 0 saturated carbocycles. The molecule has 3 amide bonds. The fourth-order valence-electron chi connectivity index (χ4n) is 1.09. The number of nitrogens with one attached hydrogen (secondary N) is 2. The predicted octanol–water partition coefficient (Wildman–Crippen LogP) is -0.373. The minimum atomic E-state index is -1.00. The number of aliphatic carboxylic acids is 1. The lowest BCUT2D eigenvalue weighted by Crippen LogP contribution is -2.51. The molecule has 7 heteroatoms. The van der Waals surface area contributed by atoms with Gasteiger partial charge in [-0.1, -0.05) is 0 Å². The summed E-state index contributed by atoms with van der Waals surface area (Å²) in [6, 6.07) is -0.563. The molecule has 3 N–H and O–H groups in total. The Bertz CT molecular complexity index is 313. The second kappa shape index (κ2) is 6.07. The van der Waals surface area contributed by atoms with Crippen molar-refractivity contribution in [3.05, 3.63) is 0 Å². The van der Waals surface area contributed by atoms with Gasteiger partial charge in [-0.25, -0.2) is 4.79 Å². The quantitative estimate of drug-likeness (QED) is 0.615. The van der Waals surface area contributed by atoms with Crippen molar-refractivity contribution in [2.24, 2.45) is 0 Å². The highest BCUT2D eigenvalue weighted by Gasteiger charge is 2.23. The highest BCUT2D eigenvalue weighted by atomic mass is 16.4. The number of likely N-dealkylation sites (N-methyl/N-ethyl adjacent to an activating group) is 1. The summed E-state index contributed by atoms with van der Waals surface area (Å²) in [5.41, 5.74) is -0.864. The van der Waals surface area contributed by atoms with Crippen LogP contribution in [0.15, 0.2) is 0 Å². The molecular weight excluding hydrogens is 226 g/mol. The zero-order valence-corrected chi connectivity index (χ0v) is 10.5. The molecule has 0 unspecified atom stereocenters. The Hall–Kier alpha value is -1.79. The van der Waals surface area contributed by atoms with E-state index >= 15 is 0 Å². The Kier molecular flexibility index (Phi) is 5.43. The molecule has 0 radical (unpaired) electrons. The monoisotopic (exact) mass is 245 g/mol. The van der Waals surface area contributed by atoms with Gasteiger partial charge in [0.25, 0.3) is 0 Å². The molecule has 0 saturated heterocycles. The predicted molar refractivity (Wildman–Crippen MR) is 61.6 cm³/mol. The SMILES string of the molecule is CN(C)C(=O)CNC(=O)NC(C)(C)CC(=O)O. The Labute approximate surface area is 100 Å². The van der Waals surface area contributed by atoms with E-state index in [0.29, 0.717) is 0 Å². The molecule has 0 aliphatic heterocycles. The van der Waals surface area contributed by atoms with Crippen molar-refractivity contribution >= 4 is 17.9 Å². The first-order valence-corrected chi connectivity index (χ1v) is 5.12. The zero-order valence-electron chi connectivity index (χ0n) is 10.5. The zero-order chi connectivity index (χ0) is 13.6. The molecule has 0 aromatic heterocycles. The van der Waals surface area contributed by atoms with Crippen molar-refractivity contribution in [2.75, 3.05) is 20.6 Å². The maximum Gasteiger partial charge on any atom is 0.315 e. The molecular formula is C10H19N3O4. The van der Waals surface area contributed by atoms with Gasteiger partial charge in [-0.15, -0.1) is 0 Å². The van der Waals surface area contributed by atoms with Gasteiger partial charge in [-0.05, 0) is 13.8 Å². The number of urea groups is 1. The second-order valence-corrected chi connectivity index (χ2v) is 4.55. The third kappa shape index (κ3) is 7.15. The van der Waals surface area contributed by atoms with Crippen LogP contribution in [0.4, 0.5) is 4.79 Å². The number of amides is 3. The number of rotatable bonds is 5. The van der Waals surface area contributed by atoms with Gasteiger partial charge in [0.05, 0.1) is 13.0 Å². The van der Waals surface area contributed by atoms with Gasteiger partial charge in [0, 0.05) is 19.6 Å². The average molecular weight is 245 g/mol. The lowest BCUT2D eigenvalue weighted by atomic mass is 10.0. The van der Waals surface area contributed by atoms with E-state index in [1.807, 2.05) is 0 Å². The van der Waals surface area contributed by atoms with Crippen LogP contribution >= 0.6 is 0 Å². The van der Waals surface area contributed by atoms with Gasteiger partial charge in [0.2, 0.25) is 5.91 Å². The molecule has 0 rings (SSSR count). The Morgan fingerprint density at radius 3 is 2.18 bits per heavy atom. The van der Waals surface area contributed by atoms with Crippen molar-refractivity contribution in [3.8, 4) is 0 Å². The fraction of sp³-hybridized carbons (Fsp3) is 0.700. The van der Waals surface area contributed by atoms with E-state index < -0.39 is 17.5 Å². The molecule has 0 heterocycles. The number of carbonyl (C=O) groups excluding carboxylic acids is 2. The number of carboxylic acid groups (broad SMARTS) is 1. The molecule has 0 bridgehead atoms. The summed E-state index contributed by atoms with van der Waals surface area (Å²) in [6.45, 7) is 3.06. The van der Waals surface area contributed by atoms with Crippen LogP contribution in [0.5, 0.6) is 0 Å². The molecule has 0 atom stereocenters. The molecule has 0 aliphatic carbocycles. The van der Waals surface area contributed by atoms with Crippen LogP contribution in [-0.2, 0) is 9.59 Å². The summed E-state index contributed by atoms with van der Waals surface area (Å²) in [4.78, 5) is 34.4. The third-order valence-corrected chi connectivity index (χ3v) is 1.94. The van der Waals surface area contributed by atoms with Crippen LogP contribution in [-0.4, -0.2) is 54.1 Å². The van der Waals surface area contributed by atoms with Gasteiger partial charge in [0.1, 0.15) is 0 Å². The summed E-state index contributed by atoms with van der Waals surface area (Å²) in [5, 5.41) is 13.5. The van der Waals surface area contributed by atoms with Crippen LogP contribution in [0, 0.1) is 0 Å². The van der Waals surface area contributed by atoms with Crippen molar-refractivity contribution < 1.29 is 19.5 Å². The molecule has 0 spiro atoms. The van der Waals surface area contributed by atoms with E-state index in [1.54, 1.807) is 27.9 Å². The van der Waals surface area contributed by atoms with Crippen LogP contribution in [0.3, 0.4) is 0 Å². The van der Waals surface area contributed by atoms with Gasteiger partial charge < -0.3 is 20.6 Å². The smallest absolute Gasteiger partial charge is 0.315 e. The molecule has 0 aromatic carbocycles. The summed E-state index contributed by atoms with van der Waals surface area (Å²) in [6.07, 6.45) is -0.192. The van der Waals surface area contributed by atoms with Crippen LogP contribution in [0.1, 0.15) is 20.3 Å². The number of hydrogen-bond acceptors (Lipinski definition) is 3. The lowest BCUT2D eigenvalue weighted by molar-refractivity contribution is -0.138. The molecule has 0 aromatic rings. The largest absolute Gasteiger partial charge is 0.481 e. The number of carbonyl (C=O) groups is 3. The average Bonchev–Trinajstić information content (AvgIpc) is 2.10. The van der Waals surface area contributed by atoms with Gasteiger partial charge in [-0.2, -0.15) is 0 Å². The highest BCUT2D eigenvalue weighted by molar-refractivity contribution is 5.84. The van der Waals surface area contributed by atoms with E-state index in [2.05, 4.69) is 10.6 Å². The normalized spacial score (nSPS) is 10.6. The molecule has 7 nitrogen and oxygen atoms in total.